The predicted molar refractivity (Wildman–Crippen MR) is 162 cm³/mol. The van der Waals surface area contributed by atoms with Crippen LogP contribution >= 0.6 is 0 Å². The second kappa shape index (κ2) is 10.8. The first-order chi connectivity index (χ1) is 17.6. The molecule has 0 fully saturated rings. The molecule has 0 atom stereocenters. The topological polar surface area (TPSA) is 132 Å². The highest BCUT2D eigenvalue weighted by molar-refractivity contribution is 5.76. The largest absolute Gasteiger partial charge is 0.370 e. The summed E-state index contributed by atoms with van der Waals surface area (Å²) in [5, 5.41) is 0. The van der Waals surface area contributed by atoms with Crippen LogP contribution in [0.4, 0.5) is 5.69 Å². The smallest absolute Gasteiger partial charge is 0.186 e. The second-order valence-electron chi connectivity index (χ2n) is 11.2. The SMILES string of the molecule is C=C(C=C(C)C=C1N(C)c2ccc(CN=C(N)N)cc2C1(C)C)C(C)(C)c1cc(CN=C(N)N)ccc1C. The van der Waals surface area contributed by atoms with Gasteiger partial charge in [-0.05, 0) is 65.0 Å². The zero-order valence-corrected chi connectivity index (χ0v) is 23.9. The first kappa shape index (κ1) is 28.6. The summed E-state index contributed by atoms with van der Waals surface area (Å²) in [4.78, 5) is 10.6. The molecule has 202 valence electrons. The lowest BCUT2D eigenvalue weighted by atomic mass is 9.75. The van der Waals surface area contributed by atoms with E-state index in [4.69, 9.17) is 22.9 Å². The maximum absolute atomic E-state index is 5.54. The van der Waals surface area contributed by atoms with Gasteiger partial charge >= 0.3 is 0 Å². The fraction of sp³-hybridized carbons (Fsp3) is 0.355. The summed E-state index contributed by atoms with van der Waals surface area (Å²) in [6.07, 6.45) is 4.45. The van der Waals surface area contributed by atoms with Crippen molar-refractivity contribution >= 4 is 17.6 Å². The Morgan fingerprint density at radius 3 is 2.11 bits per heavy atom. The molecule has 1 heterocycles. The number of allylic oxidation sites excluding steroid dienone is 5. The first-order valence-corrected chi connectivity index (χ1v) is 12.8. The molecule has 1 aliphatic heterocycles. The Morgan fingerprint density at radius 2 is 1.53 bits per heavy atom. The molecule has 7 heteroatoms. The quantitative estimate of drug-likeness (QED) is 0.232. The molecule has 0 bridgehead atoms. The molecule has 1 aliphatic rings. The Kier molecular flexibility index (Phi) is 8.10. The number of hydrogen-bond acceptors (Lipinski definition) is 3. The maximum atomic E-state index is 5.54. The van der Waals surface area contributed by atoms with Crippen LogP contribution in [0.15, 0.2) is 82.0 Å². The molecule has 0 radical (unpaired) electrons. The number of benzene rings is 2. The molecule has 2 aromatic carbocycles. The Hall–Kier alpha value is -4.00. The molecule has 0 amide bonds. The number of guanidine groups is 2. The summed E-state index contributed by atoms with van der Waals surface area (Å²) in [5.41, 5.74) is 32.1. The summed E-state index contributed by atoms with van der Waals surface area (Å²) < 4.78 is 0. The van der Waals surface area contributed by atoms with Crippen molar-refractivity contribution in [2.24, 2.45) is 32.9 Å². The molecule has 0 unspecified atom stereocenters. The Morgan fingerprint density at radius 1 is 0.974 bits per heavy atom. The molecule has 3 rings (SSSR count). The van der Waals surface area contributed by atoms with E-state index in [0.29, 0.717) is 13.1 Å². The van der Waals surface area contributed by atoms with Gasteiger partial charge in [0.25, 0.3) is 0 Å². The highest BCUT2D eigenvalue weighted by Crippen LogP contribution is 2.47. The van der Waals surface area contributed by atoms with Gasteiger partial charge in [0.15, 0.2) is 11.9 Å². The van der Waals surface area contributed by atoms with E-state index in [0.717, 1.165) is 22.3 Å². The van der Waals surface area contributed by atoms with Crippen molar-refractivity contribution in [2.45, 2.75) is 65.5 Å². The van der Waals surface area contributed by atoms with Gasteiger partial charge in [0.1, 0.15) is 0 Å². The average Bonchev–Trinajstić information content (AvgIpc) is 3.02. The molecule has 8 N–H and O–H groups in total. The molecule has 38 heavy (non-hydrogen) atoms. The number of nitrogens with two attached hydrogens (primary N) is 4. The molecule has 0 saturated carbocycles. The standard InChI is InChI=1S/C31H43N7/c1-19(13-21(3)30(4,5)24-15-22(10-9-20(24)2)17-36-28(32)33)14-27-31(6,7)25-16-23(18-37-29(34)35)11-12-26(25)38(27)8/h9-16H,3,17-18H2,1-2,4-8H3,(H4,32,33,36)(H4,34,35,37). The molecular weight excluding hydrogens is 470 g/mol. The molecule has 0 aliphatic carbocycles. The Balaban J connectivity index is 1.92. The number of anilines is 1. The molecule has 0 saturated heterocycles. The van der Waals surface area contributed by atoms with E-state index in [9.17, 15) is 0 Å². The van der Waals surface area contributed by atoms with Gasteiger partial charge in [0.05, 0.1) is 13.1 Å². The normalized spacial score (nSPS) is 15.8. The zero-order valence-electron chi connectivity index (χ0n) is 23.9. The lowest BCUT2D eigenvalue weighted by Gasteiger charge is -2.29. The summed E-state index contributed by atoms with van der Waals surface area (Å²) in [6, 6.07) is 12.8. The van der Waals surface area contributed by atoms with Crippen LogP contribution in [0.3, 0.4) is 0 Å². The lowest BCUT2D eigenvalue weighted by Crippen LogP contribution is -2.23. The van der Waals surface area contributed by atoms with Gasteiger partial charge in [0, 0.05) is 29.3 Å². The minimum atomic E-state index is -0.280. The lowest BCUT2D eigenvalue weighted by molar-refractivity contribution is 0.633. The van der Waals surface area contributed by atoms with E-state index in [2.05, 4.69) is 119 Å². The van der Waals surface area contributed by atoms with Gasteiger partial charge in [-0.25, -0.2) is 9.98 Å². The van der Waals surface area contributed by atoms with Crippen LogP contribution in [0.2, 0.25) is 0 Å². The van der Waals surface area contributed by atoms with Crippen molar-refractivity contribution < 1.29 is 0 Å². The van der Waals surface area contributed by atoms with Crippen LogP contribution in [-0.4, -0.2) is 19.0 Å². The monoisotopic (exact) mass is 513 g/mol. The van der Waals surface area contributed by atoms with E-state index >= 15 is 0 Å². The molecule has 0 spiro atoms. The van der Waals surface area contributed by atoms with Crippen molar-refractivity contribution in [1.82, 2.24) is 0 Å². The number of fused-ring (bicyclic) bond motifs is 1. The van der Waals surface area contributed by atoms with Crippen LogP contribution in [0.1, 0.15) is 62.4 Å². The van der Waals surface area contributed by atoms with Gasteiger partial charge in [-0.15, -0.1) is 0 Å². The summed E-state index contributed by atoms with van der Waals surface area (Å²) >= 11 is 0. The Bertz CT molecular complexity index is 1350. The highest BCUT2D eigenvalue weighted by atomic mass is 15.2. The van der Waals surface area contributed by atoms with Gasteiger partial charge in [0.2, 0.25) is 0 Å². The number of nitrogens with zero attached hydrogens (tertiary/aromatic N) is 3. The maximum Gasteiger partial charge on any atom is 0.186 e. The fourth-order valence-corrected chi connectivity index (χ4v) is 5.13. The third-order valence-corrected chi connectivity index (χ3v) is 7.53. The van der Waals surface area contributed by atoms with Gasteiger partial charge in [-0.1, -0.05) is 70.7 Å². The average molecular weight is 514 g/mol. The van der Waals surface area contributed by atoms with E-state index in [1.807, 2.05) is 0 Å². The summed E-state index contributed by atoms with van der Waals surface area (Å²) in [5.74, 6) is 0.191. The Labute approximate surface area is 227 Å². The van der Waals surface area contributed by atoms with E-state index in [1.165, 1.54) is 28.1 Å². The first-order valence-electron chi connectivity index (χ1n) is 12.8. The third kappa shape index (κ3) is 5.93. The zero-order chi connectivity index (χ0) is 28.4. The van der Waals surface area contributed by atoms with Crippen LogP contribution < -0.4 is 27.8 Å². The summed E-state index contributed by atoms with van der Waals surface area (Å²) in [7, 11) is 2.12. The van der Waals surface area contributed by atoms with E-state index in [-0.39, 0.29) is 22.7 Å². The molecule has 0 aromatic heterocycles. The van der Waals surface area contributed by atoms with Crippen molar-refractivity contribution in [2.75, 3.05) is 11.9 Å². The van der Waals surface area contributed by atoms with Crippen molar-refractivity contribution in [3.8, 4) is 0 Å². The van der Waals surface area contributed by atoms with Gasteiger partial charge < -0.3 is 27.8 Å². The highest BCUT2D eigenvalue weighted by Gasteiger charge is 2.38. The summed E-state index contributed by atoms with van der Waals surface area (Å²) in [6.45, 7) is 18.6. The van der Waals surface area contributed by atoms with E-state index in [1.54, 1.807) is 0 Å². The second-order valence-corrected chi connectivity index (χ2v) is 11.2. The number of aliphatic imine (C=N–C) groups is 2. The minimum Gasteiger partial charge on any atom is -0.370 e. The number of hydrogen-bond donors (Lipinski definition) is 4. The van der Waals surface area contributed by atoms with Crippen LogP contribution in [-0.2, 0) is 23.9 Å². The third-order valence-electron chi connectivity index (χ3n) is 7.53. The number of likely N-dealkylation sites (N-methyl/N-ethyl adjacent to an activating group) is 1. The molecular formula is C31H43N7. The van der Waals surface area contributed by atoms with Gasteiger partial charge in [-0.3, -0.25) is 0 Å². The molecule has 7 nitrogen and oxygen atoms in total. The number of aryl methyl sites for hydroxylation is 1. The van der Waals surface area contributed by atoms with Crippen LogP contribution in [0.5, 0.6) is 0 Å². The minimum absolute atomic E-state index is 0.0920. The number of rotatable bonds is 8. The van der Waals surface area contributed by atoms with Crippen molar-refractivity contribution in [1.29, 1.82) is 0 Å². The fourth-order valence-electron chi connectivity index (χ4n) is 5.13. The predicted octanol–water partition coefficient (Wildman–Crippen LogP) is 4.63. The molecule has 2 aromatic rings. The van der Waals surface area contributed by atoms with Crippen LogP contribution in [0.25, 0.3) is 0 Å². The van der Waals surface area contributed by atoms with Crippen LogP contribution in [0, 0.1) is 6.92 Å². The van der Waals surface area contributed by atoms with Crippen molar-refractivity contribution in [3.63, 3.8) is 0 Å². The van der Waals surface area contributed by atoms with Crippen molar-refractivity contribution in [3.05, 3.63) is 99.8 Å². The van der Waals surface area contributed by atoms with Gasteiger partial charge in [-0.2, -0.15) is 0 Å². The van der Waals surface area contributed by atoms with E-state index < -0.39 is 0 Å².